The highest BCUT2D eigenvalue weighted by atomic mass is 32.2. The van der Waals surface area contributed by atoms with E-state index in [1.807, 2.05) is 10.8 Å². The minimum atomic E-state index is -1.05. The van der Waals surface area contributed by atoms with Gasteiger partial charge in [0.25, 0.3) is 0 Å². The molecule has 1 rings (SSSR count). The first kappa shape index (κ1) is 12.9. The quantitative estimate of drug-likeness (QED) is 0.768. The van der Waals surface area contributed by atoms with Crippen molar-refractivity contribution in [3.8, 4) is 0 Å². The lowest BCUT2D eigenvalue weighted by molar-refractivity contribution is -0.140. The van der Waals surface area contributed by atoms with Crippen LogP contribution in [0.15, 0.2) is 18.7 Å². The second-order valence-electron chi connectivity index (χ2n) is 3.70. The first-order valence-electron chi connectivity index (χ1n) is 5.13. The summed E-state index contributed by atoms with van der Waals surface area (Å²) in [6.07, 6.45) is 6.03. The lowest BCUT2D eigenvalue weighted by Crippen LogP contribution is -2.19. The van der Waals surface area contributed by atoms with Gasteiger partial charge in [-0.05, 0) is 6.42 Å². The highest BCUT2D eigenvalue weighted by Crippen LogP contribution is 2.01. The van der Waals surface area contributed by atoms with Crippen molar-refractivity contribution in [1.82, 2.24) is 9.55 Å². The Morgan fingerprint density at radius 2 is 2.38 bits per heavy atom. The van der Waals surface area contributed by atoms with Crippen LogP contribution in [0.4, 0.5) is 0 Å². The Balaban J connectivity index is 2.18. The molecule has 0 radical (unpaired) electrons. The van der Waals surface area contributed by atoms with Crippen molar-refractivity contribution >= 4 is 16.8 Å². The Labute approximate surface area is 97.0 Å². The number of nitrogens with zero attached hydrogens (tertiary/aromatic N) is 2. The van der Waals surface area contributed by atoms with Crippen molar-refractivity contribution in [2.24, 2.45) is 5.92 Å². The van der Waals surface area contributed by atoms with Crippen LogP contribution in [0.3, 0.4) is 0 Å². The maximum Gasteiger partial charge on any atom is 0.307 e. The number of rotatable bonds is 7. The Morgan fingerprint density at radius 3 is 2.94 bits per heavy atom. The summed E-state index contributed by atoms with van der Waals surface area (Å²) in [6, 6.07) is 0. The molecule has 1 aromatic rings. The van der Waals surface area contributed by atoms with Crippen molar-refractivity contribution in [2.45, 2.75) is 19.9 Å². The Bertz CT molecular complexity index is 351. The van der Waals surface area contributed by atoms with Crippen LogP contribution in [-0.2, 0) is 22.1 Å². The fourth-order valence-corrected chi connectivity index (χ4v) is 2.58. The summed E-state index contributed by atoms with van der Waals surface area (Å²) < 4.78 is 13.4. The zero-order valence-electron chi connectivity index (χ0n) is 9.20. The van der Waals surface area contributed by atoms with E-state index in [2.05, 4.69) is 4.98 Å². The third-order valence-electron chi connectivity index (χ3n) is 2.20. The molecule has 0 aliphatic carbocycles. The van der Waals surface area contributed by atoms with Gasteiger partial charge in [0, 0.05) is 41.2 Å². The summed E-state index contributed by atoms with van der Waals surface area (Å²) >= 11 is 0. The van der Waals surface area contributed by atoms with Gasteiger partial charge in [-0.15, -0.1) is 0 Å². The maximum atomic E-state index is 11.5. The van der Waals surface area contributed by atoms with E-state index >= 15 is 0 Å². The largest absolute Gasteiger partial charge is 0.481 e. The molecule has 0 aliphatic heterocycles. The van der Waals surface area contributed by atoms with Crippen LogP contribution in [0.5, 0.6) is 0 Å². The van der Waals surface area contributed by atoms with Gasteiger partial charge in [0.15, 0.2) is 0 Å². The third-order valence-corrected chi connectivity index (χ3v) is 3.82. The first-order chi connectivity index (χ1) is 7.59. The molecule has 2 unspecified atom stereocenters. The summed E-state index contributed by atoms with van der Waals surface area (Å²) in [7, 11) is -1.05. The Hall–Kier alpha value is -1.17. The molecule has 1 heterocycles. The molecule has 0 aromatic carbocycles. The molecule has 16 heavy (non-hydrogen) atoms. The van der Waals surface area contributed by atoms with E-state index in [-0.39, 0.29) is 5.75 Å². The van der Waals surface area contributed by atoms with Gasteiger partial charge in [0.1, 0.15) is 0 Å². The number of aryl methyl sites for hydroxylation is 1. The highest BCUT2D eigenvalue weighted by Gasteiger charge is 2.14. The van der Waals surface area contributed by atoms with E-state index < -0.39 is 22.7 Å². The average molecular weight is 244 g/mol. The molecule has 1 aromatic heterocycles. The van der Waals surface area contributed by atoms with E-state index in [0.29, 0.717) is 5.75 Å². The van der Waals surface area contributed by atoms with Gasteiger partial charge >= 0.3 is 5.97 Å². The van der Waals surface area contributed by atoms with Crippen LogP contribution in [0.2, 0.25) is 0 Å². The van der Waals surface area contributed by atoms with Gasteiger partial charge in [-0.25, -0.2) is 4.98 Å². The second kappa shape index (κ2) is 6.42. The van der Waals surface area contributed by atoms with Gasteiger partial charge in [-0.3, -0.25) is 9.00 Å². The van der Waals surface area contributed by atoms with E-state index in [4.69, 9.17) is 5.11 Å². The number of aliphatic carboxylic acids is 1. The molecule has 5 nitrogen and oxygen atoms in total. The van der Waals surface area contributed by atoms with Gasteiger partial charge in [0.2, 0.25) is 0 Å². The minimum absolute atomic E-state index is 0.235. The summed E-state index contributed by atoms with van der Waals surface area (Å²) in [5.74, 6) is -0.647. The molecule has 0 fully saturated rings. The van der Waals surface area contributed by atoms with Crippen molar-refractivity contribution in [2.75, 3.05) is 11.5 Å². The molecular weight excluding hydrogens is 228 g/mol. The number of aromatic nitrogens is 2. The lowest BCUT2D eigenvalue weighted by atomic mass is 10.2. The number of imidazole rings is 1. The predicted molar refractivity (Wildman–Crippen MR) is 61.5 cm³/mol. The molecule has 0 amide bonds. The third kappa shape index (κ3) is 4.57. The number of carboxylic acid groups (broad SMARTS) is 1. The van der Waals surface area contributed by atoms with Crippen molar-refractivity contribution in [3.63, 3.8) is 0 Å². The first-order valence-corrected chi connectivity index (χ1v) is 6.62. The van der Waals surface area contributed by atoms with Crippen LogP contribution in [0.1, 0.15) is 13.3 Å². The molecule has 0 saturated heterocycles. The monoisotopic (exact) mass is 244 g/mol. The SMILES string of the molecule is CC(CS(=O)CCCn1ccnc1)C(=O)O. The molecule has 0 saturated carbocycles. The number of carbonyl (C=O) groups is 1. The van der Waals surface area contributed by atoms with E-state index in [1.165, 1.54) is 0 Å². The van der Waals surface area contributed by atoms with Crippen LogP contribution in [0.25, 0.3) is 0 Å². The molecule has 1 N–H and O–H groups in total. The molecular formula is C10H16N2O3S. The predicted octanol–water partition coefficient (Wildman–Crippen LogP) is 0.743. The average Bonchev–Trinajstić information content (AvgIpc) is 2.70. The van der Waals surface area contributed by atoms with E-state index in [9.17, 15) is 9.00 Å². The van der Waals surface area contributed by atoms with E-state index in [1.54, 1.807) is 19.4 Å². The molecule has 2 atom stereocenters. The Morgan fingerprint density at radius 1 is 1.62 bits per heavy atom. The second-order valence-corrected chi connectivity index (χ2v) is 5.33. The zero-order chi connectivity index (χ0) is 12.0. The van der Waals surface area contributed by atoms with Crippen LogP contribution in [-0.4, -0.2) is 36.3 Å². The summed E-state index contributed by atoms with van der Waals surface area (Å²) in [5.41, 5.74) is 0. The fraction of sp³-hybridized carbons (Fsp3) is 0.600. The summed E-state index contributed by atoms with van der Waals surface area (Å²) in [4.78, 5) is 14.4. The summed E-state index contributed by atoms with van der Waals surface area (Å²) in [6.45, 7) is 2.35. The van der Waals surface area contributed by atoms with Gasteiger partial charge in [-0.2, -0.15) is 0 Å². The van der Waals surface area contributed by atoms with Gasteiger partial charge in [-0.1, -0.05) is 6.92 Å². The molecule has 0 bridgehead atoms. The van der Waals surface area contributed by atoms with Gasteiger partial charge < -0.3 is 9.67 Å². The summed E-state index contributed by atoms with van der Waals surface area (Å²) in [5, 5.41) is 8.66. The smallest absolute Gasteiger partial charge is 0.307 e. The Kier molecular flexibility index (Phi) is 5.18. The number of hydrogen-bond donors (Lipinski definition) is 1. The number of hydrogen-bond acceptors (Lipinski definition) is 3. The normalized spacial score (nSPS) is 14.6. The molecule has 0 aliphatic rings. The van der Waals surface area contributed by atoms with Crippen molar-refractivity contribution < 1.29 is 14.1 Å². The topological polar surface area (TPSA) is 72.2 Å². The molecule has 6 heteroatoms. The van der Waals surface area contributed by atoms with Crippen molar-refractivity contribution in [3.05, 3.63) is 18.7 Å². The number of carboxylic acids is 1. The lowest BCUT2D eigenvalue weighted by Gasteiger charge is -2.06. The van der Waals surface area contributed by atoms with Crippen LogP contribution >= 0.6 is 0 Å². The fourth-order valence-electron chi connectivity index (χ4n) is 1.26. The van der Waals surface area contributed by atoms with Gasteiger partial charge in [0.05, 0.1) is 12.2 Å². The molecule has 90 valence electrons. The maximum absolute atomic E-state index is 11.5. The van der Waals surface area contributed by atoms with Crippen LogP contribution < -0.4 is 0 Å². The standard InChI is InChI=1S/C10H16N2O3S/c1-9(10(13)14)7-16(15)6-2-4-12-5-3-11-8-12/h3,5,8-9H,2,4,6-7H2,1H3,(H,13,14). The minimum Gasteiger partial charge on any atom is -0.481 e. The van der Waals surface area contributed by atoms with Crippen molar-refractivity contribution in [1.29, 1.82) is 0 Å². The highest BCUT2D eigenvalue weighted by molar-refractivity contribution is 7.85. The van der Waals surface area contributed by atoms with Crippen LogP contribution in [0, 0.1) is 5.92 Å². The zero-order valence-corrected chi connectivity index (χ0v) is 10.0. The molecule has 0 spiro atoms. The van der Waals surface area contributed by atoms with E-state index in [0.717, 1.165) is 13.0 Å².